The van der Waals surface area contributed by atoms with Gasteiger partial charge in [-0.1, -0.05) is 11.6 Å². The van der Waals surface area contributed by atoms with Crippen LogP contribution in [-0.4, -0.2) is 11.5 Å². The van der Waals surface area contributed by atoms with Crippen LogP contribution in [0.4, 0.5) is 0 Å². The van der Waals surface area contributed by atoms with Crippen LogP contribution < -0.4 is 5.32 Å². The number of oxazole rings is 1. The molecule has 1 aliphatic rings. The molecule has 17 heavy (non-hydrogen) atoms. The van der Waals surface area contributed by atoms with E-state index in [0.29, 0.717) is 5.02 Å². The van der Waals surface area contributed by atoms with Crippen LogP contribution in [0.5, 0.6) is 0 Å². The summed E-state index contributed by atoms with van der Waals surface area (Å²) < 4.78 is 5.83. The molecule has 0 bridgehead atoms. The van der Waals surface area contributed by atoms with Crippen LogP contribution in [0.1, 0.15) is 32.1 Å². The molecule has 1 aromatic carbocycles. The van der Waals surface area contributed by atoms with Gasteiger partial charge in [-0.05, 0) is 44.9 Å². The third-order valence-corrected chi connectivity index (χ3v) is 3.68. The lowest BCUT2D eigenvalue weighted by Gasteiger charge is -2.31. The quantitative estimate of drug-likeness (QED) is 0.842. The molecule has 2 heterocycles. The Balaban J connectivity index is 2.05. The lowest BCUT2D eigenvalue weighted by molar-refractivity contribution is 0.232. The third kappa shape index (κ3) is 1.94. The van der Waals surface area contributed by atoms with Crippen molar-refractivity contribution in [1.29, 1.82) is 0 Å². The second-order valence-corrected chi connectivity index (χ2v) is 5.28. The van der Waals surface area contributed by atoms with Gasteiger partial charge < -0.3 is 9.73 Å². The Morgan fingerprint density at radius 3 is 3.06 bits per heavy atom. The summed E-state index contributed by atoms with van der Waals surface area (Å²) in [6.07, 6.45) is 3.50. The van der Waals surface area contributed by atoms with Crippen LogP contribution in [0.25, 0.3) is 11.1 Å². The number of hydrogen-bond acceptors (Lipinski definition) is 3. The molecule has 1 aliphatic heterocycles. The SMILES string of the molecule is CC1(c2nc3ccc(Cl)cc3o2)CCCCN1. The summed E-state index contributed by atoms with van der Waals surface area (Å²) in [6, 6.07) is 5.56. The van der Waals surface area contributed by atoms with Gasteiger partial charge in [0.15, 0.2) is 5.58 Å². The van der Waals surface area contributed by atoms with Gasteiger partial charge in [0, 0.05) is 11.1 Å². The summed E-state index contributed by atoms with van der Waals surface area (Å²) in [4.78, 5) is 4.56. The highest BCUT2D eigenvalue weighted by molar-refractivity contribution is 6.31. The number of fused-ring (bicyclic) bond motifs is 1. The van der Waals surface area contributed by atoms with Crippen molar-refractivity contribution in [2.24, 2.45) is 0 Å². The molecule has 0 spiro atoms. The number of rotatable bonds is 1. The van der Waals surface area contributed by atoms with E-state index in [1.807, 2.05) is 18.2 Å². The Kier molecular flexibility index (Phi) is 2.60. The predicted molar refractivity (Wildman–Crippen MR) is 68.2 cm³/mol. The fourth-order valence-electron chi connectivity index (χ4n) is 2.37. The lowest BCUT2D eigenvalue weighted by atomic mass is 9.91. The summed E-state index contributed by atoms with van der Waals surface area (Å²) >= 11 is 5.94. The highest BCUT2D eigenvalue weighted by atomic mass is 35.5. The molecule has 0 saturated carbocycles. The maximum absolute atomic E-state index is 5.94. The minimum Gasteiger partial charge on any atom is -0.439 e. The van der Waals surface area contributed by atoms with Crippen molar-refractivity contribution in [2.45, 2.75) is 31.7 Å². The van der Waals surface area contributed by atoms with Crippen LogP contribution in [0.15, 0.2) is 22.6 Å². The largest absolute Gasteiger partial charge is 0.439 e. The number of halogens is 1. The second kappa shape index (κ2) is 4.00. The Morgan fingerprint density at radius 2 is 2.29 bits per heavy atom. The molecule has 1 saturated heterocycles. The van der Waals surface area contributed by atoms with E-state index in [4.69, 9.17) is 16.0 Å². The minimum absolute atomic E-state index is 0.135. The van der Waals surface area contributed by atoms with E-state index in [1.54, 1.807) is 0 Å². The zero-order chi connectivity index (χ0) is 11.9. The van der Waals surface area contributed by atoms with Crippen molar-refractivity contribution in [3.8, 4) is 0 Å². The van der Waals surface area contributed by atoms with Crippen molar-refractivity contribution in [2.75, 3.05) is 6.54 Å². The van der Waals surface area contributed by atoms with Crippen molar-refractivity contribution in [3.05, 3.63) is 29.1 Å². The van der Waals surface area contributed by atoms with E-state index in [-0.39, 0.29) is 5.54 Å². The van der Waals surface area contributed by atoms with Gasteiger partial charge >= 0.3 is 0 Å². The molecule has 1 fully saturated rings. The first kappa shape index (κ1) is 11.1. The third-order valence-electron chi connectivity index (χ3n) is 3.44. The van der Waals surface area contributed by atoms with Crippen LogP contribution in [0.3, 0.4) is 0 Å². The van der Waals surface area contributed by atoms with Gasteiger partial charge in [0.25, 0.3) is 0 Å². The molecule has 3 nitrogen and oxygen atoms in total. The van der Waals surface area contributed by atoms with E-state index in [2.05, 4.69) is 17.2 Å². The van der Waals surface area contributed by atoms with Crippen LogP contribution in [0, 0.1) is 0 Å². The molecule has 2 aromatic rings. The molecule has 1 unspecified atom stereocenters. The monoisotopic (exact) mass is 250 g/mol. The molecular formula is C13H15ClN2O. The molecule has 1 atom stereocenters. The molecule has 4 heteroatoms. The average molecular weight is 251 g/mol. The molecular weight excluding hydrogens is 236 g/mol. The van der Waals surface area contributed by atoms with Gasteiger partial charge in [0.2, 0.25) is 5.89 Å². The molecule has 0 amide bonds. The van der Waals surface area contributed by atoms with E-state index in [1.165, 1.54) is 12.8 Å². The number of piperidine rings is 1. The first-order valence-electron chi connectivity index (χ1n) is 5.99. The highest BCUT2D eigenvalue weighted by Crippen LogP contribution is 2.32. The minimum atomic E-state index is -0.135. The lowest BCUT2D eigenvalue weighted by Crippen LogP contribution is -2.43. The van der Waals surface area contributed by atoms with Gasteiger partial charge in [0.1, 0.15) is 5.52 Å². The van der Waals surface area contributed by atoms with Gasteiger partial charge in [-0.2, -0.15) is 0 Å². The fraction of sp³-hybridized carbons (Fsp3) is 0.462. The number of nitrogens with zero attached hydrogens (tertiary/aromatic N) is 1. The number of hydrogen-bond donors (Lipinski definition) is 1. The van der Waals surface area contributed by atoms with Crippen molar-refractivity contribution < 1.29 is 4.42 Å². The van der Waals surface area contributed by atoms with Crippen molar-refractivity contribution >= 4 is 22.7 Å². The average Bonchev–Trinajstić information content (AvgIpc) is 2.73. The molecule has 1 aromatic heterocycles. The molecule has 1 N–H and O–H groups in total. The van der Waals surface area contributed by atoms with Crippen LogP contribution >= 0.6 is 11.6 Å². The Bertz CT molecular complexity index is 543. The van der Waals surface area contributed by atoms with Crippen molar-refractivity contribution in [3.63, 3.8) is 0 Å². The zero-order valence-corrected chi connectivity index (χ0v) is 10.5. The normalized spacial score (nSPS) is 25.3. The molecule has 90 valence electrons. The number of nitrogens with one attached hydrogen (secondary N) is 1. The van der Waals surface area contributed by atoms with E-state index < -0.39 is 0 Å². The Morgan fingerprint density at radius 1 is 1.41 bits per heavy atom. The van der Waals surface area contributed by atoms with E-state index in [0.717, 1.165) is 30.0 Å². The Hall–Kier alpha value is -1.06. The molecule has 3 rings (SSSR count). The summed E-state index contributed by atoms with van der Waals surface area (Å²) in [6.45, 7) is 3.18. The summed E-state index contributed by atoms with van der Waals surface area (Å²) in [5, 5.41) is 4.18. The smallest absolute Gasteiger partial charge is 0.215 e. The maximum Gasteiger partial charge on any atom is 0.215 e. The van der Waals surface area contributed by atoms with Gasteiger partial charge in [0.05, 0.1) is 5.54 Å². The van der Waals surface area contributed by atoms with E-state index >= 15 is 0 Å². The second-order valence-electron chi connectivity index (χ2n) is 4.85. The van der Waals surface area contributed by atoms with Crippen LogP contribution in [0.2, 0.25) is 5.02 Å². The highest BCUT2D eigenvalue weighted by Gasteiger charge is 2.33. The first-order chi connectivity index (χ1) is 8.17. The van der Waals surface area contributed by atoms with Crippen LogP contribution in [-0.2, 0) is 5.54 Å². The fourth-order valence-corrected chi connectivity index (χ4v) is 2.54. The van der Waals surface area contributed by atoms with Crippen molar-refractivity contribution in [1.82, 2.24) is 10.3 Å². The number of aromatic nitrogens is 1. The molecule has 0 radical (unpaired) electrons. The van der Waals surface area contributed by atoms with E-state index in [9.17, 15) is 0 Å². The first-order valence-corrected chi connectivity index (χ1v) is 6.37. The Labute approximate surface area is 105 Å². The summed E-state index contributed by atoms with van der Waals surface area (Å²) in [5.41, 5.74) is 1.50. The maximum atomic E-state index is 5.94. The summed E-state index contributed by atoms with van der Waals surface area (Å²) in [7, 11) is 0. The predicted octanol–water partition coefficient (Wildman–Crippen LogP) is 3.47. The van der Waals surface area contributed by atoms with Gasteiger partial charge in [-0.15, -0.1) is 0 Å². The number of benzene rings is 1. The standard InChI is InChI=1S/C13H15ClN2O/c1-13(6-2-3-7-15-13)12-16-10-5-4-9(14)8-11(10)17-12/h4-5,8,15H,2-3,6-7H2,1H3. The summed E-state index contributed by atoms with van der Waals surface area (Å²) in [5.74, 6) is 0.773. The van der Waals surface area contributed by atoms with Gasteiger partial charge in [-0.25, -0.2) is 4.98 Å². The van der Waals surface area contributed by atoms with Gasteiger partial charge in [-0.3, -0.25) is 0 Å². The topological polar surface area (TPSA) is 38.1 Å². The molecule has 0 aliphatic carbocycles. The zero-order valence-electron chi connectivity index (χ0n) is 9.79.